The van der Waals surface area contributed by atoms with Crippen molar-refractivity contribution in [2.45, 2.75) is 33.1 Å². The van der Waals surface area contributed by atoms with Crippen molar-refractivity contribution >= 4 is 5.97 Å². The zero-order chi connectivity index (χ0) is 10.6. The van der Waals surface area contributed by atoms with E-state index >= 15 is 0 Å². The lowest BCUT2D eigenvalue weighted by Gasteiger charge is -2.08. The summed E-state index contributed by atoms with van der Waals surface area (Å²) in [5, 5.41) is 8.58. The number of carboxylic acid groups (broad SMARTS) is 1. The van der Waals surface area contributed by atoms with Crippen LogP contribution in [0, 0.1) is 0 Å². The fraction of sp³-hybridized carbons (Fsp3) is 0.556. The molecule has 0 unspecified atom stereocenters. The van der Waals surface area contributed by atoms with Crippen LogP contribution in [0.25, 0.3) is 0 Å². The number of aromatic nitrogens is 2. The Balaban J connectivity index is 2.49. The summed E-state index contributed by atoms with van der Waals surface area (Å²) in [6, 6.07) is 0. The predicted molar refractivity (Wildman–Crippen MR) is 49.8 cm³/mol. The fourth-order valence-electron chi connectivity index (χ4n) is 1.04. The van der Waals surface area contributed by atoms with Crippen LogP contribution < -0.4 is 0 Å². The molecular formula is C9H14N2O3. The summed E-state index contributed by atoms with van der Waals surface area (Å²) in [6.45, 7) is 4.53. The van der Waals surface area contributed by atoms with Crippen LogP contribution in [0.15, 0.2) is 12.4 Å². The maximum Gasteiger partial charge on any atom is 0.332 e. The predicted octanol–water partition coefficient (Wildman–Crippen LogP) is 0.893. The minimum Gasteiger partial charge on any atom is -0.479 e. The Bertz CT molecular complexity index is 309. The molecule has 0 aliphatic rings. The molecule has 1 heterocycles. The normalized spacial score (nSPS) is 12.7. The zero-order valence-electron chi connectivity index (χ0n) is 8.30. The van der Waals surface area contributed by atoms with Gasteiger partial charge in [0.15, 0.2) is 6.10 Å². The quantitative estimate of drug-likeness (QED) is 0.763. The standard InChI is InChI=1S/C9H14N2O3/c1-3-11-5-4-10-8(11)6-14-7(2)9(12)13/h4-5,7H,3,6H2,1-2H3,(H,12,13)/t7-/m1/s1. The molecule has 1 aromatic rings. The third-order valence-electron chi connectivity index (χ3n) is 1.95. The Labute approximate surface area is 82.3 Å². The Morgan fingerprint density at radius 2 is 2.50 bits per heavy atom. The van der Waals surface area contributed by atoms with Crippen molar-refractivity contribution in [2.75, 3.05) is 0 Å². The summed E-state index contributed by atoms with van der Waals surface area (Å²) in [5.41, 5.74) is 0. The molecule has 0 bridgehead atoms. The van der Waals surface area contributed by atoms with Gasteiger partial charge in [-0.25, -0.2) is 9.78 Å². The van der Waals surface area contributed by atoms with Crippen molar-refractivity contribution in [1.82, 2.24) is 9.55 Å². The number of hydrogen-bond donors (Lipinski definition) is 1. The molecule has 1 atom stereocenters. The van der Waals surface area contributed by atoms with E-state index in [-0.39, 0.29) is 6.61 Å². The number of nitrogens with zero attached hydrogens (tertiary/aromatic N) is 2. The molecule has 1 N–H and O–H groups in total. The highest BCUT2D eigenvalue weighted by atomic mass is 16.5. The number of ether oxygens (including phenoxy) is 1. The average molecular weight is 198 g/mol. The maximum atomic E-state index is 10.5. The number of aryl methyl sites for hydroxylation is 1. The molecular weight excluding hydrogens is 184 g/mol. The van der Waals surface area contributed by atoms with Gasteiger partial charge in [-0.05, 0) is 13.8 Å². The second-order valence-corrected chi connectivity index (χ2v) is 2.92. The van der Waals surface area contributed by atoms with Gasteiger partial charge in [-0.3, -0.25) is 0 Å². The van der Waals surface area contributed by atoms with Crippen LogP contribution in [0.4, 0.5) is 0 Å². The molecule has 0 spiro atoms. The van der Waals surface area contributed by atoms with Gasteiger partial charge in [0.25, 0.3) is 0 Å². The molecule has 5 heteroatoms. The van der Waals surface area contributed by atoms with Crippen LogP contribution in [-0.4, -0.2) is 26.7 Å². The van der Waals surface area contributed by atoms with Crippen LogP contribution in [0.1, 0.15) is 19.7 Å². The molecule has 0 saturated heterocycles. The van der Waals surface area contributed by atoms with Crippen LogP contribution in [-0.2, 0) is 22.7 Å². The van der Waals surface area contributed by atoms with Crippen LogP contribution in [0.5, 0.6) is 0 Å². The maximum absolute atomic E-state index is 10.5. The molecule has 0 amide bonds. The highest BCUT2D eigenvalue weighted by molar-refractivity contribution is 5.71. The first-order valence-electron chi connectivity index (χ1n) is 4.49. The second kappa shape index (κ2) is 4.76. The zero-order valence-corrected chi connectivity index (χ0v) is 8.30. The van der Waals surface area contributed by atoms with E-state index < -0.39 is 12.1 Å². The summed E-state index contributed by atoms with van der Waals surface area (Å²) in [5.74, 6) is -0.208. The minimum atomic E-state index is -0.959. The van der Waals surface area contributed by atoms with E-state index in [2.05, 4.69) is 4.98 Å². The molecule has 78 valence electrons. The van der Waals surface area contributed by atoms with E-state index in [9.17, 15) is 4.79 Å². The smallest absolute Gasteiger partial charge is 0.332 e. The first-order valence-corrected chi connectivity index (χ1v) is 4.49. The molecule has 5 nitrogen and oxygen atoms in total. The Hall–Kier alpha value is -1.36. The number of imidazole rings is 1. The lowest BCUT2D eigenvalue weighted by atomic mass is 10.4. The van der Waals surface area contributed by atoms with Crippen molar-refractivity contribution in [3.05, 3.63) is 18.2 Å². The number of carbonyl (C=O) groups is 1. The largest absolute Gasteiger partial charge is 0.479 e. The number of rotatable bonds is 5. The molecule has 1 aromatic heterocycles. The molecule has 0 fully saturated rings. The molecule has 0 aliphatic carbocycles. The van der Waals surface area contributed by atoms with E-state index in [0.717, 1.165) is 12.4 Å². The van der Waals surface area contributed by atoms with Gasteiger partial charge in [0, 0.05) is 18.9 Å². The Morgan fingerprint density at radius 3 is 3.07 bits per heavy atom. The van der Waals surface area contributed by atoms with Crippen molar-refractivity contribution in [2.24, 2.45) is 0 Å². The summed E-state index contributed by atoms with van der Waals surface area (Å²) in [4.78, 5) is 14.5. The molecule has 0 radical (unpaired) electrons. The van der Waals surface area contributed by atoms with E-state index in [1.165, 1.54) is 6.92 Å². The van der Waals surface area contributed by atoms with Gasteiger partial charge in [0.2, 0.25) is 0 Å². The summed E-state index contributed by atoms with van der Waals surface area (Å²) in [6.07, 6.45) is 2.72. The van der Waals surface area contributed by atoms with E-state index in [1.807, 2.05) is 17.7 Å². The number of carboxylic acids is 1. The molecule has 1 rings (SSSR count). The van der Waals surface area contributed by atoms with Gasteiger partial charge in [0.05, 0.1) is 0 Å². The second-order valence-electron chi connectivity index (χ2n) is 2.92. The molecule has 14 heavy (non-hydrogen) atoms. The van der Waals surface area contributed by atoms with Crippen LogP contribution in [0.3, 0.4) is 0 Å². The van der Waals surface area contributed by atoms with E-state index in [4.69, 9.17) is 9.84 Å². The van der Waals surface area contributed by atoms with Crippen molar-refractivity contribution in [1.29, 1.82) is 0 Å². The van der Waals surface area contributed by atoms with Gasteiger partial charge in [-0.2, -0.15) is 0 Å². The first-order chi connectivity index (χ1) is 6.65. The van der Waals surface area contributed by atoms with Crippen molar-refractivity contribution in [3.8, 4) is 0 Å². The molecule has 0 aliphatic heterocycles. The monoisotopic (exact) mass is 198 g/mol. The molecule has 0 aromatic carbocycles. The number of aliphatic carboxylic acids is 1. The van der Waals surface area contributed by atoms with Gasteiger partial charge in [-0.1, -0.05) is 0 Å². The van der Waals surface area contributed by atoms with Crippen molar-refractivity contribution < 1.29 is 14.6 Å². The summed E-state index contributed by atoms with van der Waals surface area (Å²) >= 11 is 0. The average Bonchev–Trinajstić information content (AvgIpc) is 2.60. The van der Waals surface area contributed by atoms with E-state index in [1.54, 1.807) is 6.20 Å². The first kappa shape index (κ1) is 10.7. The highest BCUT2D eigenvalue weighted by Crippen LogP contribution is 2.02. The van der Waals surface area contributed by atoms with Crippen molar-refractivity contribution in [3.63, 3.8) is 0 Å². The Morgan fingerprint density at radius 1 is 1.79 bits per heavy atom. The van der Waals surface area contributed by atoms with Gasteiger partial charge < -0.3 is 14.4 Å². The number of hydrogen-bond acceptors (Lipinski definition) is 3. The summed E-state index contributed by atoms with van der Waals surface area (Å²) in [7, 11) is 0. The highest BCUT2D eigenvalue weighted by Gasteiger charge is 2.12. The minimum absolute atomic E-state index is 0.230. The van der Waals surface area contributed by atoms with Gasteiger partial charge in [-0.15, -0.1) is 0 Å². The SMILES string of the molecule is CCn1ccnc1CO[C@H](C)C(=O)O. The third-order valence-corrected chi connectivity index (χ3v) is 1.95. The lowest BCUT2D eigenvalue weighted by molar-refractivity contribution is -0.150. The summed E-state index contributed by atoms with van der Waals surface area (Å²) < 4.78 is 7.02. The Kier molecular flexibility index (Phi) is 3.64. The third kappa shape index (κ3) is 2.56. The topological polar surface area (TPSA) is 64.4 Å². The molecule has 0 saturated carbocycles. The van der Waals surface area contributed by atoms with E-state index in [0.29, 0.717) is 0 Å². The van der Waals surface area contributed by atoms with Crippen LogP contribution >= 0.6 is 0 Å². The van der Waals surface area contributed by atoms with Crippen LogP contribution in [0.2, 0.25) is 0 Å². The van der Waals surface area contributed by atoms with Gasteiger partial charge >= 0.3 is 5.97 Å². The fourth-order valence-corrected chi connectivity index (χ4v) is 1.04. The lowest BCUT2D eigenvalue weighted by Crippen LogP contribution is -2.20. The van der Waals surface area contributed by atoms with Gasteiger partial charge in [0.1, 0.15) is 12.4 Å².